The lowest BCUT2D eigenvalue weighted by Crippen LogP contribution is -2.44. The van der Waals surface area contributed by atoms with Crippen molar-refractivity contribution in [3.63, 3.8) is 0 Å². The van der Waals surface area contributed by atoms with Crippen molar-refractivity contribution in [1.29, 1.82) is 0 Å². The van der Waals surface area contributed by atoms with E-state index in [0.717, 1.165) is 11.1 Å². The van der Waals surface area contributed by atoms with Crippen LogP contribution in [0.25, 0.3) is 23.8 Å². The van der Waals surface area contributed by atoms with Gasteiger partial charge >= 0.3 is 0 Å². The molecule has 0 aliphatic heterocycles. The smallest absolute Gasteiger partial charge is 0.127 e. The van der Waals surface area contributed by atoms with Crippen LogP contribution in [0.3, 0.4) is 0 Å². The molecule has 3 aromatic carbocycles. The van der Waals surface area contributed by atoms with E-state index in [-0.39, 0.29) is 28.0 Å². The van der Waals surface area contributed by atoms with Crippen molar-refractivity contribution >= 4 is 23.8 Å². The highest BCUT2D eigenvalue weighted by molar-refractivity contribution is 5.91. The number of hydrogen-bond donors (Lipinski definition) is 4. The number of rotatable bonds is 5. The molecule has 2 atom stereocenters. The second-order valence-electron chi connectivity index (χ2n) is 9.01. The highest BCUT2D eigenvalue weighted by atomic mass is 16.3. The fourth-order valence-corrected chi connectivity index (χ4v) is 4.58. The highest BCUT2D eigenvalue weighted by Crippen LogP contribution is 2.47. The predicted octanol–water partition coefficient (Wildman–Crippen LogP) is 3.83. The molecule has 0 aromatic heterocycles. The quantitative estimate of drug-likeness (QED) is 0.391. The van der Waals surface area contributed by atoms with Gasteiger partial charge in [-0.15, -0.1) is 5.76 Å². The van der Waals surface area contributed by atoms with Crippen molar-refractivity contribution in [2.24, 2.45) is 0 Å². The zero-order chi connectivity index (χ0) is 26.8. The van der Waals surface area contributed by atoms with Crippen molar-refractivity contribution in [2.75, 3.05) is 0 Å². The molecule has 6 nitrogen and oxygen atoms in total. The summed E-state index contributed by atoms with van der Waals surface area (Å²) < 4.78 is 0. The van der Waals surface area contributed by atoms with E-state index in [1.807, 2.05) is 66.7 Å². The average molecular weight is 505 g/mol. The van der Waals surface area contributed by atoms with Gasteiger partial charge in [-0.25, -0.2) is 0 Å². The average Bonchev–Trinajstić information content (AvgIpc) is 2.91. The molecule has 2 aliphatic rings. The molecule has 0 saturated carbocycles. The third-order valence-corrected chi connectivity index (χ3v) is 6.45. The van der Waals surface area contributed by atoms with Crippen LogP contribution in [-0.2, 0) is 0 Å². The van der Waals surface area contributed by atoms with Crippen LogP contribution < -0.4 is 10.2 Å². The largest absolute Gasteiger partial charge is 0.872 e. The number of aromatic hydroxyl groups is 2. The minimum Gasteiger partial charge on any atom is -0.872 e. The van der Waals surface area contributed by atoms with Gasteiger partial charge in [0, 0.05) is 5.57 Å². The molecule has 6 heteroatoms. The first-order valence-corrected chi connectivity index (χ1v) is 12.0. The van der Waals surface area contributed by atoms with Gasteiger partial charge in [0.15, 0.2) is 0 Å². The molecule has 0 spiro atoms. The van der Waals surface area contributed by atoms with Crippen LogP contribution in [0.1, 0.15) is 22.3 Å². The summed E-state index contributed by atoms with van der Waals surface area (Å²) in [5.74, 6) is -1.95. The maximum absolute atomic E-state index is 13.1. The van der Waals surface area contributed by atoms with Gasteiger partial charge in [0.2, 0.25) is 0 Å². The van der Waals surface area contributed by atoms with Crippen LogP contribution in [0.15, 0.2) is 119 Å². The van der Waals surface area contributed by atoms with Crippen LogP contribution in [0.5, 0.6) is 11.5 Å². The Hall–Kier alpha value is -4.78. The Morgan fingerprint density at radius 2 is 1.18 bits per heavy atom. The van der Waals surface area contributed by atoms with Crippen molar-refractivity contribution in [1.82, 2.24) is 0 Å². The fraction of sp³-hybridized carbons (Fsp3) is 0.0625. The van der Waals surface area contributed by atoms with Crippen LogP contribution >= 0.6 is 0 Å². The van der Waals surface area contributed by atoms with E-state index >= 15 is 0 Å². The van der Waals surface area contributed by atoms with E-state index in [2.05, 4.69) is 0 Å². The first-order chi connectivity index (χ1) is 18.3. The maximum Gasteiger partial charge on any atom is 0.127 e. The number of aliphatic hydroxyl groups is 2. The van der Waals surface area contributed by atoms with E-state index in [4.69, 9.17) is 0 Å². The van der Waals surface area contributed by atoms with Gasteiger partial charge in [-0.3, -0.25) is 0 Å². The molecule has 0 radical (unpaired) electrons. The standard InChI is InChI=1S/C32H25O6/c33-23-15-21(13-11-19-7-3-1-4-8-19)16-24(34)27(23)29-31(37)30(32(29)38)28-25(35)17-22(18-26(28)36)14-12-20-9-5-2-6-10-20/h1-18,23,31,33-36,38H/q-1/p-1/b13-11+,14-12+,29-27+. The topological polar surface area (TPSA) is 127 Å². The van der Waals surface area contributed by atoms with Crippen LogP contribution in [0, 0.1) is 0 Å². The summed E-state index contributed by atoms with van der Waals surface area (Å²) in [7, 11) is 0. The summed E-state index contributed by atoms with van der Waals surface area (Å²) >= 11 is 0. The van der Waals surface area contributed by atoms with Gasteiger partial charge in [0.05, 0.1) is 5.56 Å². The summed E-state index contributed by atoms with van der Waals surface area (Å²) in [5.41, 5.74) is 1.80. The van der Waals surface area contributed by atoms with E-state index < -0.39 is 29.5 Å². The normalized spacial score (nSPS) is 21.5. The molecule has 0 saturated heterocycles. The third-order valence-electron chi connectivity index (χ3n) is 6.45. The van der Waals surface area contributed by atoms with Crippen molar-refractivity contribution in [2.45, 2.75) is 12.2 Å². The number of benzene rings is 3. The van der Waals surface area contributed by atoms with Gasteiger partial charge in [0.25, 0.3) is 0 Å². The van der Waals surface area contributed by atoms with Crippen molar-refractivity contribution in [3.8, 4) is 11.5 Å². The Bertz CT molecular complexity index is 1530. The summed E-state index contributed by atoms with van der Waals surface area (Å²) in [4.78, 5) is 0. The molecular weight excluding hydrogens is 480 g/mol. The summed E-state index contributed by atoms with van der Waals surface area (Å²) in [6, 6.07) is 21.6. The summed E-state index contributed by atoms with van der Waals surface area (Å²) in [6.07, 6.45) is 6.66. The molecule has 4 N–H and O–H groups in total. The maximum atomic E-state index is 13.1. The SMILES string of the molecule is [O-]C1=C(c2c(O)cc(/C=C/c3ccccc3)cc2O)C([O-])/C1=C1\C(O)=CC(/C=C/c2ccccc2)=CC1O. The first kappa shape index (κ1) is 24.9. The number of allylic oxidation sites excluding steroid dienone is 3. The third kappa shape index (κ3) is 4.78. The molecule has 0 fully saturated rings. The first-order valence-electron chi connectivity index (χ1n) is 12.0. The Morgan fingerprint density at radius 3 is 1.71 bits per heavy atom. The molecule has 38 heavy (non-hydrogen) atoms. The van der Waals surface area contributed by atoms with E-state index in [1.54, 1.807) is 18.2 Å². The predicted molar refractivity (Wildman–Crippen MR) is 143 cm³/mol. The molecular formula is C32H24O6-2. The Morgan fingerprint density at radius 1 is 0.658 bits per heavy atom. The minimum absolute atomic E-state index is 0.169. The molecule has 2 unspecified atom stereocenters. The van der Waals surface area contributed by atoms with Crippen molar-refractivity contribution < 1.29 is 30.6 Å². The molecule has 3 aromatic rings. The molecule has 0 heterocycles. The Kier molecular flexibility index (Phi) is 6.75. The van der Waals surface area contributed by atoms with E-state index in [1.165, 1.54) is 24.3 Å². The van der Waals surface area contributed by atoms with Gasteiger partial charge in [-0.1, -0.05) is 102 Å². The van der Waals surface area contributed by atoms with E-state index in [0.29, 0.717) is 11.1 Å². The lowest BCUT2D eigenvalue weighted by molar-refractivity contribution is -0.404. The van der Waals surface area contributed by atoms with Gasteiger partial charge in [-0.2, -0.15) is 0 Å². The van der Waals surface area contributed by atoms with Gasteiger partial charge in [0.1, 0.15) is 23.4 Å². The second-order valence-corrected chi connectivity index (χ2v) is 9.01. The summed E-state index contributed by atoms with van der Waals surface area (Å²) in [6.45, 7) is 0. The number of hydrogen-bond acceptors (Lipinski definition) is 6. The molecule has 0 amide bonds. The zero-order valence-electron chi connectivity index (χ0n) is 20.2. The van der Waals surface area contributed by atoms with Crippen LogP contribution in [0.4, 0.5) is 0 Å². The molecule has 2 aliphatic carbocycles. The highest BCUT2D eigenvalue weighted by Gasteiger charge is 2.32. The Labute approximate surface area is 219 Å². The molecule has 190 valence electrons. The van der Waals surface area contributed by atoms with Crippen molar-refractivity contribution in [3.05, 3.63) is 142 Å². The monoisotopic (exact) mass is 504 g/mol. The zero-order valence-corrected chi connectivity index (χ0v) is 20.2. The Balaban J connectivity index is 1.43. The van der Waals surface area contributed by atoms with Gasteiger partial charge < -0.3 is 30.6 Å². The lowest BCUT2D eigenvalue weighted by Gasteiger charge is -2.48. The number of aliphatic hydroxyl groups excluding tert-OH is 2. The second kappa shape index (κ2) is 10.3. The fourth-order valence-electron chi connectivity index (χ4n) is 4.58. The number of phenolic OH excluding ortho intramolecular Hbond substituents is 2. The van der Waals surface area contributed by atoms with Crippen LogP contribution in [-0.4, -0.2) is 32.6 Å². The van der Waals surface area contributed by atoms with Gasteiger partial charge in [-0.05, 0) is 46.5 Å². The lowest BCUT2D eigenvalue weighted by atomic mass is 9.76. The molecule has 0 bridgehead atoms. The number of phenols is 2. The summed E-state index contributed by atoms with van der Waals surface area (Å²) in [5, 5.41) is 68.6. The molecule has 5 rings (SSSR count). The van der Waals surface area contributed by atoms with E-state index in [9.17, 15) is 30.6 Å². The van der Waals surface area contributed by atoms with Crippen LogP contribution in [0.2, 0.25) is 0 Å². The minimum atomic E-state index is -1.76.